The molecule has 0 heterocycles. The first kappa shape index (κ1) is 19.4. The van der Waals surface area contributed by atoms with Gasteiger partial charge < -0.3 is 10.1 Å². The Labute approximate surface area is 166 Å². The van der Waals surface area contributed by atoms with Gasteiger partial charge in [0.2, 0.25) is 0 Å². The number of imide groups is 1. The minimum Gasteiger partial charge on any atom is -0.489 e. The second-order valence-corrected chi connectivity index (χ2v) is 6.23. The highest BCUT2D eigenvalue weighted by molar-refractivity contribution is 6.34. The maximum atomic E-state index is 12.9. The van der Waals surface area contributed by atoms with E-state index < -0.39 is 11.9 Å². The van der Waals surface area contributed by atoms with Gasteiger partial charge in [-0.3, -0.25) is 10.1 Å². The number of urea groups is 1. The molecule has 28 heavy (non-hydrogen) atoms. The Kier molecular flexibility index (Phi) is 6.24. The molecule has 3 amide bonds. The molecule has 2 N–H and O–H groups in total. The van der Waals surface area contributed by atoms with Crippen molar-refractivity contribution in [3.63, 3.8) is 0 Å². The monoisotopic (exact) mass is 398 g/mol. The van der Waals surface area contributed by atoms with Gasteiger partial charge in [-0.15, -0.1) is 0 Å². The molecule has 0 saturated heterocycles. The number of ether oxygens (including phenoxy) is 1. The lowest BCUT2D eigenvalue weighted by molar-refractivity contribution is 0.0967. The quantitative estimate of drug-likeness (QED) is 0.634. The van der Waals surface area contributed by atoms with E-state index in [1.54, 1.807) is 54.6 Å². The fraction of sp³-hybridized carbons (Fsp3) is 0.0476. The van der Waals surface area contributed by atoms with Gasteiger partial charge in [-0.2, -0.15) is 0 Å². The van der Waals surface area contributed by atoms with Gasteiger partial charge in [0.05, 0.1) is 10.6 Å². The Hall–Kier alpha value is -3.38. The largest absolute Gasteiger partial charge is 0.489 e. The summed E-state index contributed by atoms with van der Waals surface area (Å²) < 4.78 is 18.5. The van der Waals surface area contributed by atoms with Crippen LogP contribution in [0.4, 0.5) is 14.9 Å². The van der Waals surface area contributed by atoms with Crippen molar-refractivity contribution in [2.45, 2.75) is 6.61 Å². The highest BCUT2D eigenvalue weighted by Crippen LogP contribution is 2.18. The minimum atomic E-state index is -0.676. The average molecular weight is 399 g/mol. The van der Waals surface area contributed by atoms with Crippen molar-refractivity contribution in [3.8, 4) is 5.75 Å². The third kappa shape index (κ3) is 5.31. The Bertz CT molecular complexity index is 976. The van der Waals surface area contributed by atoms with E-state index in [0.29, 0.717) is 18.0 Å². The number of rotatable bonds is 5. The smallest absolute Gasteiger partial charge is 0.326 e. The number of benzene rings is 3. The second kappa shape index (κ2) is 9.01. The molecule has 0 radical (unpaired) electrons. The molecule has 0 fully saturated rings. The molecule has 0 bridgehead atoms. The van der Waals surface area contributed by atoms with Gasteiger partial charge in [-0.25, -0.2) is 9.18 Å². The first-order valence-corrected chi connectivity index (χ1v) is 8.73. The Morgan fingerprint density at radius 1 is 0.929 bits per heavy atom. The molecule has 0 aliphatic heterocycles. The van der Waals surface area contributed by atoms with Gasteiger partial charge in [0.1, 0.15) is 18.2 Å². The molecule has 5 nitrogen and oxygen atoms in total. The van der Waals surface area contributed by atoms with Gasteiger partial charge in [0.25, 0.3) is 5.91 Å². The van der Waals surface area contributed by atoms with E-state index >= 15 is 0 Å². The van der Waals surface area contributed by atoms with E-state index in [-0.39, 0.29) is 16.4 Å². The molecule has 0 atom stereocenters. The van der Waals surface area contributed by atoms with E-state index in [1.807, 2.05) is 0 Å². The summed E-state index contributed by atoms with van der Waals surface area (Å²) in [6, 6.07) is 18.4. The number of hydrogen-bond donors (Lipinski definition) is 2. The molecule has 0 aliphatic rings. The number of amides is 3. The van der Waals surface area contributed by atoms with Gasteiger partial charge in [0, 0.05) is 5.69 Å². The Morgan fingerprint density at radius 3 is 2.29 bits per heavy atom. The molecule has 3 aromatic carbocycles. The summed E-state index contributed by atoms with van der Waals surface area (Å²) in [6.07, 6.45) is 0. The molecule has 0 unspecified atom stereocenters. The van der Waals surface area contributed by atoms with Crippen LogP contribution in [0.15, 0.2) is 72.8 Å². The van der Waals surface area contributed by atoms with Crippen molar-refractivity contribution in [1.82, 2.24) is 5.32 Å². The summed E-state index contributed by atoms with van der Waals surface area (Å²) in [5.41, 5.74) is 1.53. The topological polar surface area (TPSA) is 67.4 Å². The van der Waals surface area contributed by atoms with Crippen LogP contribution < -0.4 is 15.4 Å². The lowest BCUT2D eigenvalue weighted by Gasteiger charge is -2.09. The standard InChI is InChI=1S/C21H16ClFN2O3/c22-19-4-2-1-3-18(19)20(26)25-21(27)24-16-9-11-17(12-10-16)28-13-14-5-7-15(23)8-6-14/h1-12H,13H2,(H2,24,25,26,27). The average Bonchev–Trinajstić information content (AvgIpc) is 2.69. The number of halogens is 2. The fourth-order valence-electron chi connectivity index (χ4n) is 2.36. The molecule has 142 valence electrons. The van der Waals surface area contributed by atoms with E-state index in [1.165, 1.54) is 18.2 Å². The maximum absolute atomic E-state index is 12.9. The maximum Gasteiger partial charge on any atom is 0.326 e. The molecule has 3 aromatic rings. The van der Waals surface area contributed by atoms with E-state index in [0.717, 1.165) is 5.56 Å². The fourth-order valence-corrected chi connectivity index (χ4v) is 2.58. The normalized spacial score (nSPS) is 10.2. The van der Waals surface area contributed by atoms with Crippen molar-refractivity contribution < 1.29 is 18.7 Å². The number of carbonyl (C=O) groups is 2. The zero-order chi connectivity index (χ0) is 19.9. The van der Waals surface area contributed by atoms with Crippen LogP contribution in [0.1, 0.15) is 15.9 Å². The molecular weight excluding hydrogens is 383 g/mol. The third-order valence-electron chi connectivity index (χ3n) is 3.78. The first-order valence-electron chi connectivity index (χ1n) is 8.35. The van der Waals surface area contributed by atoms with Crippen LogP contribution in [0.2, 0.25) is 5.02 Å². The van der Waals surface area contributed by atoms with Crippen LogP contribution in [0.3, 0.4) is 0 Å². The lowest BCUT2D eigenvalue weighted by Crippen LogP contribution is -2.34. The summed E-state index contributed by atoms with van der Waals surface area (Å²) in [4.78, 5) is 24.0. The predicted molar refractivity (Wildman–Crippen MR) is 105 cm³/mol. The van der Waals surface area contributed by atoms with E-state index in [9.17, 15) is 14.0 Å². The number of hydrogen-bond acceptors (Lipinski definition) is 3. The van der Waals surface area contributed by atoms with Crippen LogP contribution in [-0.4, -0.2) is 11.9 Å². The first-order chi connectivity index (χ1) is 13.5. The molecule has 0 saturated carbocycles. The summed E-state index contributed by atoms with van der Waals surface area (Å²) in [5, 5.41) is 5.03. The summed E-state index contributed by atoms with van der Waals surface area (Å²) in [5.74, 6) is -0.310. The molecule has 0 aliphatic carbocycles. The zero-order valence-electron chi connectivity index (χ0n) is 14.6. The molecule has 7 heteroatoms. The summed E-state index contributed by atoms with van der Waals surface area (Å²) in [6.45, 7) is 0.292. The van der Waals surface area contributed by atoms with E-state index in [4.69, 9.17) is 16.3 Å². The van der Waals surface area contributed by atoms with E-state index in [2.05, 4.69) is 10.6 Å². The predicted octanol–water partition coefficient (Wildman–Crippen LogP) is 5.02. The van der Waals surface area contributed by atoms with Crippen molar-refractivity contribution >= 4 is 29.2 Å². The third-order valence-corrected chi connectivity index (χ3v) is 4.11. The summed E-state index contributed by atoms with van der Waals surface area (Å²) in [7, 11) is 0. The Morgan fingerprint density at radius 2 is 1.61 bits per heavy atom. The molecule has 0 aromatic heterocycles. The van der Waals surface area contributed by atoms with Crippen LogP contribution in [0, 0.1) is 5.82 Å². The molecule has 3 rings (SSSR count). The molecule has 0 spiro atoms. The molecular formula is C21H16ClFN2O3. The van der Waals surface area contributed by atoms with Crippen molar-refractivity contribution in [1.29, 1.82) is 0 Å². The minimum absolute atomic E-state index is 0.212. The number of anilines is 1. The van der Waals surface area contributed by atoms with Crippen molar-refractivity contribution in [2.75, 3.05) is 5.32 Å². The van der Waals surface area contributed by atoms with Gasteiger partial charge >= 0.3 is 6.03 Å². The van der Waals surface area contributed by atoms with Crippen LogP contribution in [0.25, 0.3) is 0 Å². The summed E-state index contributed by atoms with van der Waals surface area (Å²) >= 11 is 5.94. The second-order valence-electron chi connectivity index (χ2n) is 5.83. The number of nitrogens with one attached hydrogen (secondary N) is 2. The van der Waals surface area contributed by atoms with Crippen molar-refractivity contribution in [2.24, 2.45) is 0 Å². The van der Waals surface area contributed by atoms with Gasteiger partial charge in [-0.1, -0.05) is 35.9 Å². The van der Waals surface area contributed by atoms with Crippen LogP contribution in [0.5, 0.6) is 5.75 Å². The number of carbonyl (C=O) groups excluding carboxylic acids is 2. The highest BCUT2D eigenvalue weighted by Gasteiger charge is 2.13. The van der Waals surface area contributed by atoms with Crippen molar-refractivity contribution in [3.05, 3.63) is 94.8 Å². The Balaban J connectivity index is 1.52. The van der Waals surface area contributed by atoms with Gasteiger partial charge in [0.15, 0.2) is 0 Å². The zero-order valence-corrected chi connectivity index (χ0v) is 15.4. The SMILES string of the molecule is O=C(NC(=O)c1ccccc1Cl)Nc1ccc(OCc2ccc(F)cc2)cc1. The van der Waals surface area contributed by atoms with Gasteiger partial charge in [-0.05, 0) is 54.1 Å². The van der Waals surface area contributed by atoms with Crippen LogP contribution >= 0.6 is 11.6 Å². The van der Waals surface area contributed by atoms with Crippen LogP contribution in [-0.2, 0) is 6.61 Å². The highest BCUT2D eigenvalue weighted by atomic mass is 35.5. The lowest BCUT2D eigenvalue weighted by atomic mass is 10.2.